The van der Waals surface area contributed by atoms with Crippen LogP contribution in [0.25, 0.3) is 0 Å². The molecule has 1 aliphatic heterocycles. The van der Waals surface area contributed by atoms with Gasteiger partial charge in [0.2, 0.25) is 0 Å². The summed E-state index contributed by atoms with van der Waals surface area (Å²) < 4.78 is 11.5. The number of hydrogen-bond acceptors (Lipinski definition) is 3. The molecule has 1 aromatic rings. The Bertz CT molecular complexity index is 403. The second kappa shape index (κ2) is 5.72. The molecule has 1 aliphatic rings. The highest BCUT2D eigenvalue weighted by Crippen LogP contribution is 2.35. The third-order valence-corrected chi connectivity index (χ3v) is 3.47. The SMILES string of the molecule is CCOC(C(C)C)C(N)c1cccc2c1OCC2. The molecular formula is C15H23NO2. The van der Waals surface area contributed by atoms with E-state index < -0.39 is 0 Å². The van der Waals surface area contributed by atoms with Crippen LogP contribution in [-0.2, 0) is 11.2 Å². The number of hydrogen-bond donors (Lipinski definition) is 1. The minimum Gasteiger partial charge on any atom is -0.493 e. The van der Waals surface area contributed by atoms with Gasteiger partial charge in [0.15, 0.2) is 0 Å². The lowest BCUT2D eigenvalue weighted by Gasteiger charge is -2.28. The van der Waals surface area contributed by atoms with Gasteiger partial charge in [-0.15, -0.1) is 0 Å². The maximum Gasteiger partial charge on any atom is 0.127 e. The smallest absolute Gasteiger partial charge is 0.127 e. The number of para-hydroxylation sites is 1. The van der Waals surface area contributed by atoms with Gasteiger partial charge in [-0.3, -0.25) is 0 Å². The van der Waals surface area contributed by atoms with Crippen molar-refractivity contribution in [2.24, 2.45) is 11.7 Å². The molecule has 1 aromatic carbocycles. The lowest BCUT2D eigenvalue weighted by atomic mass is 9.92. The second-order valence-electron chi connectivity index (χ2n) is 5.12. The zero-order valence-corrected chi connectivity index (χ0v) is 11.5. The van der Waals surface area contributed by atoms with Gasteiger partial charge >= 0.3 is 0 Å². The number of ether oxygens (including phenoxy) is 2. The van der Waals surface area contributed by atoms with Crippen molar-refractivity contribution in [1.29, 1.82) is 0 Å². The minimum absolute atomic E-state index is 0.0331. The third-order valence-electron chi connectivity index (χ3n) is 3.47. The topological polar surface area (TPSA) is 44.5 Å². The molecule has 0 aromatic heterocycles. The molecule has 0 bridgehead atoms. The molecule has 0 spiro atoms. The summed E-state index contributed by atoms with van der Waals surface area (Å²) in [6, 6.07) is 6.11. The van der Waals surface area contributed by atoms with E-state index in [2.05, 4.69) is 32.0 Å². The Labute approximate surface area is 109 Å². The van der Waals surface area contributed by atoms with E-state index in [1.165, 1.54) is 5.56 Å². The lowest BCUT2D eigenvalue weighted by Crippen LogP contribution is -2.33. The van der Waals surface area contributed by atoms with Gasteiger partial charge in [0.1, 0.15) is 5.75 Å². The summed E-state index contributed by atoms with van der Waals surface area (Å²) in [4.78, 5) is 0. The summed E-state index contributed by atoms with van der Waals surface area (Å²) in [5.74, 6) is 1.37. The van der Waals surface area contributed by atoms with Gasteiger partial charge in [-0.2, -0.15) is 0 Å². The van der Waals surface area contributed by atoms with Gasteiger partial charge in [-0.05, 0) is 18.4 Å². The van der Waals surface area contributed by atoms with Crippen molar-refractivity contribution in [3.05, 3.63) is 29.3 Å². The average molecular weight is 249 g/mol. The van der Waals surface area contributed by atoms with Crippen molar-refractivity contribution >= 4 is 0 Å². The van der Waals surface area contributed by atoms with Gasteiger partial charge in [-0.25, -0.2) is 0 Å². The van der Waals surface area contributed by atoms with Crippen LogP contribution in [0.4, 0.5) is 0 Å². The standard InChI is InChI=1S/C15H23NO2/c1-4-17-14(10(2)3)13(16)12-7-5-6-11-8-9-18-15(11)12/h5-7,10,13-14H,4,8-9,16H2,1-3H3. The van der Waals surface area contributed by atoms with Crippen LogP contribution in [-0.4, -0.2) is 19.3 Å². The van der Waals surface area contributed by atoms with Gasteiger partial charge in [-0.1, -0.05) is 32.0 Å². The van der Waals surface area contributed by atoms with Crippen LogP contribution < -0.4 is 10.5 Å². The molecule has 18 heavy (non-hydrogen) atoms. The van der Waals surface area contributed by atoms with Crippen molar-refractivity contribution in [1.82, 2.24) is 0 Å². The lowest BCUT2D eigenvalue weighted by molar-refractivity contribution is 0.0117. The molecule has 2 unspecified atom stereocenters. The predicted octanol–water partition coefficient (Wildman–Crippen LogP) is 2.68. The highest BCUT2D eigenvalue weighted by atomic mass is 16.5. The quantitative estimate of drug-likeness (QED) is 0.872. The van der Waals surface area contributed by atoms with Crippen LogP contribution in [0, 0.1) is 5.92 Å². The molecule has 3 nitrogen and oxygen atoms in total. The Hall–Kier alpha value is -1.06. The first-order valence-corrected chi connectivity index (χ1v) is 6.77. The van der Waals surface area contributed by atoms with E-state index in [1.807, 2.05) is 6.92 Å². The van der Waals surface area contributed by atoms with Gasteiger partial charge in [0, 0.05) is 18.6 Å². The van der Waals surface area contributed by atoms with E-state index in [9.17, 15) is 0 Å². The molecule has 0 saturated carbocycles. The van der Waals surface area contributed by atoms with Crippen LogP contribution in [0.15, 0.2) is 18.2 Å². The number of benzene rings is 1. The molecule has 2 rings (SSSR count). The van der Waals surface area contributed by atoms with Crippen molar-refractivity contribution in [2.75, 3.05) is 13.2 Å². The first-order chi connectivity index (χ1) is 8.65. The Morgan fingerprint density at radius 3 is 2.83 bits per heavy atom. The van der Waals surface area contributed by atoms with E-state index in [0.29, 0.717) is 12.5 Å². The molecule has 3 heteroatoms. The van der Waals surface area contributed by atoms with Crippen molar-refractivity contribution in [2.45, 2.75) is 39.3 Å². The van der Waals surface area contributed by atoms with Gasteiger partial charge < -0.3 is 15.2 Å². The fraction of sp³-hybridized carbons (Fsp3) is 0.600. The highest BCUT2D eigenvalue weighted by Gasteiger charge is 2.28. The summed E-state index contributed by atoms with van der Waals surface area (Å²) in [5.41, 5.74) is 8.74. The Morgan fingerprint density at radius 2 is 2.17 bits per heavy atom. The Balaban J connectivity index is 2.27. The predicted molar refractivity (Wildman–Crippen MR) is 72.8 cm³/mol. The number of rotatable bonds is 5. The van der Waals surface area contributed by atoms with Crippen LogP contribution in [0.5, 0.6) is 5.75 Å². The monoisotopic (exact) mass is 249 g/mol. The zero-order valence-electron chi connectivity index (χ0n) is 11.5. The largest absolute Gasteiger partial charge is 0.493 e. The Kier molecular flexibility index (Phi) is 4.25. The summed E-state index contributed by atoms with van der Waals surface area (Å²) >= 11 is 0. The van der Waals surface area contributed by atoms with Crippen molar-refractivity contribution < 1.29 is 9.47 Å². The molecular weight excluding hydrogens is 226 g/mol. The minimum atomic E-state index is -0.127. The van der Waals surface area contributed by atoms with E-state index in [1.54, 1.807) is 0 Å². The fourth-order valence-corrected chi connectivity index (χ4v) is 2.58. The summed E-state index contributed by atoms with van der Waals surface area (Å²) in [6.45, 7) is 7.74. The van der Waals surface area contributed by atoms with Gasteiger partial charge in [0.25, 0.3) is 0 Å². The van der Waals surface area contributed by atoms with Crippen LogP contribution >= 0.6 is 0 Å². The summed E-state index contributed by atoms with van der Waals surface area (Å²) in [5, 5.41) is 0. The molecule has 0 amide bonds. The first kappa shape index (κ1) is 13.4. The molecule has 2 atom stereocenters. The first-order valence-electron chi connectivity index (χ1n) is 6.77. The van der Waals surface area contributed by atoms with E-state index in [0.717, 1.165) is 24.3 Å². The van der Waals surface area contributed by atoms with Gasteiger partial charge in [0.05, 0.1) is 18.8 Å². The van der Waals surface area contributed by atoms with Crippen LogP contribution in [0.2, 0.25) is 0 Å². The average Bonchev–Trinajstić information content (AvgIpc) is 2.82. The van der Waals surface area contributed by atoms with Crippen molar-refractivity contribution in [3.8, 4) is 5.75 Å². The van der Waals surface area contributed by atoms with E-state index >= 15 is 0 Å². The molecule has 0 aliphatic carbocycles. The second-order valence-corrected chi connectivity index (χ2v) is 5.12. The summed E-state index contributed by atoms with van der Waals surface area (Å²) in [6.07, 6.45) is 1.02. The van der Waals surface area contributed by atoms with Crippen LogP contribution in [0.3, 0.4) is 0 Å². The number of fused-ring (bicyclic) bond motifs is 1. The fourth-order valence-electron chi connectivity index (χ4n) is 2.58. The van der Waals surface area contributed by atoms with Crippen molar-refractivity contribution in [3.63, 3.8) is 0 Å². The van der Waals surface area contributed by atoms with E-state index in [-0.39, 0.29) is 12.1 Å². The normalized spacial score (nSPS) is 17.4. The van der Waals surface area contributed by atoms with Crippen LogP contribution in [0.1, 0.15) is 37.9 Å². The molecule has 2 N–H and O–H groups in total. The molecule has 1 heterocycles. The maximum atomic E-state index is 6.39. The number of nitrogens with two attached hydrogens (primary N) is 1. The third kappa shape index (κ3) is 2.52. The molecule has 0 fully saturated rings. The maximum absolute atomic E-state index is 6.39. The summed E-state index contributed by atoms with van der Waals surface area (Å²) in [7, 11) is 0. The zero-order chi connectivity index (χ0) is 13.1. The Morgan fingerprint density at radius 1 is 1.39 bits per heavy atom. The molecule has 0 radical (unpaired) electrons. The molecule has 100 valence electrons. The van der Waals surface area contributed by atoms with E-state index in [4.69, 9.17) is 15.2 Å². The molecule has 0 saturated heterocycles. The highest BCUT2D eigenvalue weighted by molar-refractivity contribution is 5.45.